The Bertz CT molecular complexity index is 275. The van der Waals surface area contributed by atoms with E-state index < -0.39 is 0 Å². The van der Waals surface area contributed by atoms with Crippen LogP contribution >= 0.6 is 0 Å². The maximum Gasteiger partial charge on any atom is 0.0831 e. The zero-order chi connectivity index (χ0) is 16.6. The Morgan fingerprint density at radius 3 is 1.70 bits per heavy atom. The lowest BCUT2D eigenvalue weighted by molar-refractivity contribution is 0.429. The SMILES string of the molecule is CCCCCCCCCC1N=CNC1CCCCCCCCC. The van der Waals surface area contributed by atoms with E-state index in [1.54, 1.807) is 0 Å². The normalized spacial score (nSPS) is 20.1. The Hall–Kier alpha value is -0.530. The summed E-state index contributed by atoms with van der Waals surface area (Å²) in [5.41, 5.74) is 0. The van der Waals surface area contributed by atoms with Crippen LogP contribution in [0.3, 0.4) is 0 Å². The van der Waals surface area contributed by atoms with Crippen LogP contribution in [0, 0.1) is 0 Å². The van der Waals surface area contributed by atoms with Crippen LogP contribution < -0.4 is 5.32 Å². The maximum absolute atomic E-state index is 4.67. The van der Waals surface area contributed by atoms with E-state index in [0.29, 0.717) is 12.1 Å². The number of hydrogen-bond acceptors (Lipinski definition) is 2. The third-order valence-corrected chi connectivity index (χ3v) is 5.24. The van der Waals surface area contributed by atoms with Gasteiger partial charge in [0.25, 0.3) is 0 Å². The fraction of sp³-hybridized carbons (Fsp3) is 0.952. The molecule has 0 radical (unpaired) electrons. The highest BCUT2D eigenvalue weighted by molar-refractivity contribution is 5.58. The fourth-order valence-electron chi connectivity index (χ4n) is 3.63. The summed E-state index contributed by atoms with van der Waals surface area (Å²) in [6.07, 6.45) is 24.2. The minimum atomic E-state index is 0.561. The monoisotopic (exact) mass is 322 g/mol. The zero-order valence-electron chi connectivity index (χ0n) is 16.0. The second-order valence-electron chi connectivity index (χ2n) is 7.44. The second kappa shape index (κ2) is 15.0. The van der Waals surface area contributed by atoms with Crippen molar-refractivity contribution in [2.24, 2.45) is 4.99 Å². The Kier molecular flexibility index (Phi) is 13.4. The molecule has 1 aliphatic heterocycles. The average Bonchev–Trinajstić information content (AvgIpc) is 3.00. The standard InChI is InChI=1S/C21H42N2/c1-3-5-7-9-11-13-15-17-20-21(23-19-22-20)18-16-14-12-10-8-6-4-2/h19-21H,3-18H2,1-2H3,(H,22,23). The van der Waals surface area contributed by atoms with Crippen molar-refractivity contribution in [1.82, 2.24) is 5.32 Å². The Balaban J connectivity index is 1.95. The van der Waals surface area contributed by atoms with Gasteiger partial charge in [-0.15, -0.1) is 0 Å². The van der Waals surface area contributed by atoms with E-state index in [-0.39, 0.29) is 0 Å². The number of nitrogens with one attached hydrogen (secondary N) is 1. The van der Waals surface area contributed by atoms with Gasteiger partial charge >= 0.3 is 0 Å². The number of aliphatic imine (C=N–C) groups is 1. The summed E-state index contributed by atoms with van der Waals surface area (Å²) < 4.78 is 0. The first kappa shape index (κ1) is 20.5. The maximum atomic E-state index is 4.67. The van der Waals surface area contributed by atoms with Gasteiger partial charge in [0.2, 0.25) is 0 Å². The third kappa shape index (κ3) is 10.8. The van der Waals surface area contributed by atoms with E-state index in [1.807, 2.05) is 6.34 Å². The van der Waals surface area contributed by atoms with Crippen LogP contribution in [0.2, 0.25) is 0 Å². The van der Waals surface area contributed by atoms with Gasteiger partial charge in [0.15, 0.2) is 0 Å². The van der Waals surface area contributed by atoms with Crippen LogP contribution in [0.4, 0.5) is 0 Å². The average molecular weight is 323 g/mol. The van der Waals surface area contributed by atoms with Crippen molar-refractivity contribution < 1.29 is 0 Å². The lowest BCUT2D eigenvalue weighted by Gasteiger charge is -2.18. The predicted octanol–water partition coefficient (Wildman–Crippen LogP) is 6.64. The molecule has 136 valence electrons. The predicted molar refractivity (Wildman–Crippen MR) is 104 cm³/mol. The molecule has 2 atom stereocenters. The van der Waals surface area contributed by atoms with Gasteiger partial charge in [-0.3, -0.25) is 4.99 Å². The molecular weight excluding hydrogens is 280 g/mol. The Labute approximate surface area is 145 Å². The van der Waals surface area contributed by atoms with Gasteiger partial charge in [0, 0.05) is 6.04 Å². The first-order valence-corrected chi connectivity index (χ1v) is 10.7. The second-order valence-corrected chi connectivity index (χ2v) is 7.44. The van der Waals surface area contributed by atoms with Crippen LogP contribution in [-0.2, 0) is 0 Å². The van der Waals surface area contributed by atoms with E-state index in [4.69, 9.17) is 0 Å². The summed E-state index contributed by atoms with van der Waals surface area (Å²) in [4.78, 5) is 4.67. The molecule has 0 fully saturated rings. The van der Waals surface area contributed by atoms with Gasteiger partial charge in [-0.2, -0.15) is 0 Å². The van der Waals surface area contributed by atoms with E-state index in [9.17, 15) is 0 Å². The van der Waals surface area contributed by atoms with Gasteiger partial charge in [-0.25, -0.2) is 0 Å². The van der Waals surface area contributed by atoms with Crippen molar-refractivity contribution in [2.45, 2.75) is 129 Å². The van der Waals surface area contributed by atoms with E-state index in [0.717, 1.165) is 0 Å². The smallest absolute Gasteiger partial charge is 0.0831 e. The fourth-order valence-corrected chi connectivity index (χ4v) is 3.63. The molecule has 0 aliphatic carbocycles. The van der Waals surface area contributed by atoms with Crippen LogP contribution in [-0.4, -0.2) is 18.4 Å². The van der Waals surface area contributed by atoms with E-state index in [2.05, 4.69) is 24.2 Å². The Morgan fingerprint density at radius 1 is 0.652 bits per heavy atom. The van der Waals surface area contributed by atoms with E-state index >= 15 is 0 Å². The number of nitrogens with zero attached hydrogens (tertiary/aromatic N) is 1. The number of rotatable bonds is 16. The molecule has 1 aliphatic rings. The van der Waals surface area contributed by atoms with Crippen molar-refractivity contribution in [3.05, 3.63) is 0 Å². The van der Waals surface area contributed by atoms with Crippen LogP contribution in [0.25, 0.3) is 0 Å². The lowest BCUT2D eigenvalue weighted by Crippen LogP contribution is -2.31. The molecule has 1 N–H and O–H groups in total. The first-order chi connectivity index (χ1) is 11.4. The minimum Gasteiger partial charge on any atom is -0.372 e. The molecule has 23 heavy (non-hydrogen) atoms. The first-order valence-electron chi connectivity index (χ1n) is 10.7. The molecule has 2 nitrogen and oxygen atoms in total. The Morgan fingerprint density at radius 2 is 1.13 bits per heavy atom. The molecule has 0 saturated heterocycles. The molecule has 0 amide bonds. The third-order valence-electron chi connectivity index (χ3n) is 5.24. The summed E-state index contributed by atoms with van der Waals surface area (Å²) in [6.45, 7) is 4.58. The summed E-state index contributed by atoms with van der Waals surface area (Å²) in [5.74, 6) is 0. The highest BCUT2D eigenvalue weighted by Gasteiger charge is 2.22. The van der Waals surface area contributed by atoms with Crippen molar-refractivity contribution in [3.8, 4) is 0 Å². The van der Waals surface area contributed by atoms with Gasteiger partial charge in [-0.05, 0) is 12.8 Å². The highest BCUT2D eigenvalue weighted by atomic mass is 15.1. The number of unbranched alkanes of at least 4 members (excludes halogenated alkanes) is 12. The largest absolute Gasteiger partial charge is 0.372 e. The molecule has 0 saturated carbocycles. The van der Waals surface area contributed by atoms with Crippen LogP contribution in [0.15, 0.2) is 4.99 Å². The summed E-state index contributed by atoms with van der Waals surface area (Å²) in [5, 5.41) is 3.50. The van der Waals surface area contributed by atoms with Crippen molar-refractivity contribution in [2.75, 3.05) is 0 Å². The summed E-state index contributed by atoms with van der Waals surface area (Å²) >= 11 is 0. The summed E-state index contributed by atoms with van der Waals surface area (Å²) in [6, 6.07) is 1.19. The minimum absolute atomic E-state index is 0.561. The van der Waals surface area contributed by atoms with Gasteiger partial charge < -0.3 is 5.32 Å². The lowest BCUT2D eigenvalue weighted by atomic mass is 9.96. The quantitative estimate of drug-likeness (QED) is 0.317. The molecule has 1 rings (SSSR count). The molecule has 1 heterocycles. The highest BCUT2D eigenvalue weighted by Crippen LogP contribution is 2.19. The van der Waals surface area contributed by atoms with Crippen molar-refractivity contribution in [1.29, 1.82) is 0 Å². The molecule has 0 aromatic rings. The van der Waals surface area contributed by atoms with Gasteiger partial charge in [0.05, 0.1) is 12.4 Å². The van der Waals surface area contributed by atoms with Crippen molar-refractivity contribution >= 4 is 6.34 Å². The molecule has 2 heteroatoms. The van der Waals surface area contributed by atoms with Crippen molar-refractivity contribution in [3.63, 3.8) is 0 Å². The topological polar surface area (TPSA) is 24.4 Å². The summed E-state index contributed by atoms with van der Waals surface area (Å²) in [7, 11) is 0. The van der Waals surface area contributed by atoms with E-state index in [1.165, 1.54) is 103 Å². The molecule has 0 bridgehead atoms. The molecular formula is C21H42N2. The molecule has 0 aromatic heterocycles. The number of hydrogen-bond donors (Lipinski definition) is 1. The zero-order valence-corrected chi connectivity index (χ0v) is 16.0. The van der Waals surface area contributed by atoms with Gasteiger partial charge in [-0.1, -0.05) is 104 Å². The molecule has 2 unspecified atom stereocenters. The molecule has 0 aromatic carbocycles. The molecule has 0 spiro atoms. The van der Waals surface area contributed by atoms with Gasteiger partial charge in [0.1, 0.15) is 0 Å². The van der Waals surface area contributed by atoms with Crippen LogP contribution in [0.5, 0.6) is 0 Å². The van der Waals surface area contributed by atoms with Crippen LogP contribution in [0.1, 0.15) is 117 Å².